The first-order valence-corrected chi connectivity index (χ1v) is 15.1. The van der Waals surface area contributed by atoms with E-state index >= 15 is 0 Å². The maximum Gasteiger partial charge on any atom is 0.337 e. The average Bonchev–Trinajstić information content (AvgIpc) is 2.70. The maximum absolute atomic E-state index is 5.97. The van der Waals surface area contributed by atoms with Gasteiger partial charge in [0.05, 0.1) is 0 Å². The van der Waals surface area contributed by atoms with Crippen LogP contribution in [0.1, 0.15) is 0 Å². The van der Waals surface area contributed by atoms with Crippen LogP contribution in [0.5, 0.6) is 0 Å². The summed E-state index contributed by atoms with van der Waals surface area (Å²) in [5.41, 5.74) is 0. The second-order valence-corrected chi connectivity index (χ2v) is 16.2. The molecule has 3 aromatic carbocycles. The molecule has 1 fully saturated rings. The smallest absolute Gasteiger partial charge is 0.337 e. The summed E-state index contributed by atoms with van der Waals surface area (Å²) in [5, 5.41) is 5.22. The third-order valence-corrected chi connectivity index (χ3v) is 13.8. The summed E-state index contributed by atoms with van der Waals surface area (Å²) in [6, 6.07) is 30.3. The molecule has 4 nitrogen and oxygen atoms in total. The van der Waals surface area contributed by atoms with Crippen molar-refractivity contribution in [2.24, 2.45) is 0 Å². The summed E-state index contributed by atoms with van der Waals surface area (Å²) >= 11 is 0. The minimum atomic E-state index is -1.86. The summed E-state index contributed by atoms with van der Waals surface area (Å²) in [5.74, 6) is 0. The number of rotatable bonds is 4. The molecule has 27 heavy (non-hydrogen) atoms. The molecule has 138 valence electrons. The van der Waals surface area contributed by atoms with E-state index in [9.17, 15) is 0 Å². The largest absolute Gasteiger partial charge is 0.425 e. The van der Waals surface area contributed by atoms with Gasteiger partial charge < -0.3 is 16.5 Å². The molecule has 0 unspecified atom stereocenters. The van der Waals surface area contributed by atoms with Gasteiger partial charge >= 0.3 is 9.28 Å². The summed E-state index contributed by atoms with van der Waals surface area (Å²) in [7, 11) is -5.16. The van der Waals surface area contributed by atoms with Crippen molar-refractivity contribution in [1.29, 1.82) is 0 Å². The molecule has 0 N–H and O–H groups in total. The van der Waals surface area contributed by atoms with E-state index in [1.54, 1.807) is 0 Å². The van der Waals surface area contributed by atoms with Crippen LogP contribution in [0.4, 0.5) is 0 Å². The highest BCUT2D eigenvalue weighted by Gasteiger charge is 2.20. The van der Waals surface area contributed by atoms with Crippen molar-refractivity contribution in [3.05, 3.63) is 84.9 Å². The Morgan fingerprint density at radius 3 is 1.56 bits per heavy atom. The molecule has 1 aliphatic heterocycles. The SMILES string of the molecule is c1ccc(P(c2ccccc2)c2ccc([SiH]3O[SiH2]O[SiH2]O[SiH2]O3)cc2)cc1. The predicted octanol–water partition coefficient (Wildman–Crippen LogP) is -1.05. The third-order valence-electron chi connectivity index (χ3n) is 4.22. The molecular weight excluding hydrogens is 424 g/mol. The highest BCUT2D eigenvalue weighted by atomic mass is 31.1. The molecule has 0 spiro atoms. The fourth-order valence-corrected chi connectivity index (χ4v) is 14.1. The molecule has 0 amide bonds. The van der Waals surface area contributed by atoms with Gasteiger partial charge in [0.1, 0.15) is 0 Å². The Balaban J connectivity index is 1.63. The van der Waals surface area contributed by atoms with Crippen LogP contribution in [0.3, 0.4) is 0 Å². The molecule has 1 saturated heterocycles. The van der Waals surface area contributed by atoms with Crippen molar-refractivity contribution in [2.45, 2.75) is 0 Å². The van der Waals surface area contributed by atoms with Gasteiger partial charge in [0.25, 0.3) is 30.0 Å². The molecule has 9 heteroatoms. The van der Waals surface area contributed by atoms with Crippen LogP contribution in [0, 0.1) is 0 Å². The van der Waals surface area contributed by atoms with Crippen LogP contribution in [0.15, 0.2) is 84.9 Å². The van der Waals surface area contributed by atoms with E-state index in [4.69, 9.17) is 16.5 Å². The van der Waals surface area contributed by atoms with Gasteiger partial charge in [0.15, 0.2) is 0 Å². The molecule has 1 aliphatic rings. The summed E-state index contributed by atoms with van der Waals surface area (Å²) in [4.78, 5) is 0. The Labute approximate surface area is 169 Å². The monoisotopic (exact) mass is 444 g/mol. The number of hydrogen-bond donors (Lipinski definition) is 0. The second kappa shape index (κ2) is 9.83. The zero-order chi connectivity index (χ0) is 18.3. The fourth-order valence-electron chi connectivity index (χ4n) is 2.97. The van der Waals surface area contributed by atoms with Crippen molar-refractivity contribution in [2.75, 3.05) is 0 Å². The lowest BCUT2D eigenvalue weighted by Gasteiger charge is -2.22. The Hall–Kier alpha value is -1.20. The predicted molar refractivity (Wildman–Crippen MR) is 122 cm³/mol. The molecule has 0 bridgehead atoms. The van der Waals surface area contributed by atoms with E-state index in [0.29, 0.717) is 0 Å². The van der Waals surface area contributed by atoms with Crippen LogP contribution in [0.25, 0.3) is 0 Å². The second-order valence-electron chi connectivity index (χ2n) is 6.03. The van der Waals surface area contributed by atoms with E-state index in [1.807, 2.05) is 0 Å². The topological polar surface area (TPSA) is 36.9 Å². The third kappa shape index (κ3) is 4.99. The van der Waals surface area contributed by atoms with Crippen LogP contribution in [-0.4, -0.2) is 39.3 Å². The van der Waals surface area contributed by atoms with Crippen molar-refractivity contribution >= 4 is 68.3 Å². The zero-order valence-electron chi connectivity index (χ0n) is 14.9. The quantitative estimate of drug-likeness (QED) is 0.380. The van der Waals surface area contributed by atoms with Gasteiger partial charge in [-0.3, -0.25) is 0 Å². The van der Waals surface area contributed by atoms with Crippen molar-refractivity contribution < 1.29 is 16.5 Å². The number of benzene rings is 3. The molecule has 3 aromatic rings. The van der Waals surface area contributed by atoms with E-state index in [0.717, 1.165) is 0 Å². The van der Waals surface area contributed by atoms with E-state index in [1.165, 1.54) is 21.1 Å². The van der Waals surface area contributed by atoms with Gasteiger partial charge in [0.2, 0.25) is 0 Å². The molecule has 0 saturated carbocycles. The minimum absolute atomic E-state index is 0.578. The zero-order valence-corrected chi connectivity index (χ0v) is 21.2. The standard InChI is InChI=1S/C18H21O4PSi4/c1-3-7-15(8-4-1)23(16-9-5-2-6-10-16)17-11-13-18(14-12-17)27-21-25-19-24-20-26-22-27/h1-14,27H,24-26H2. The normalized spacial score (nSPS) is 20.7. The molecular formula is C18H21O4PSi4. The first-order valence-electron chi connectivity index (χ1n) is 8.81. The van der Waals surface area contributed by atoms with Gasteiger partial charge in [-0.2, -0.15) is 0 Å². The fraction of sp³-hybridized carbons (Fsp3) is 0. The van der Waals surface area contributed by atoms with Gasteiger partial charge in [-0.05, 0) is 29.0 Å². The Morgan fingerprint density at radius 2 is 1.04 bits per heavy atom. The summed E-state index contributed by atoms with van der Waals surface area (Å²) < 4.78 is 23.0. The van der Waals surface area contributed by atoms with Crippen LogP contribution >= 0.6 is 7.92 Å². The van der Waals surface area contributed by atoms with Crippen LogP contribution in [0.2, 0.25) is 0 Å². The van der Waals surface area contributed by atoms with Gasteiger partial charge in [-0.25, -0.2) is 0 Å². The lowest BCUT2D eigenvalue weighted by Crippen LogP contribution is -2.42. The van der Waals surface area contributed by atoms with Crippen molar-refractivity contribution in [3.63, 3.8) is 0 Å². The van der Waals surface area contributed by atoms with Crippen molar-refractivity contribution in [1.82, 2.24) is 0 Å². The van der Waals surface area contributed by atoms with Crippen LogP contribution < -0.4 is 21.1 Å². The molecule has 1 heterocycles. The minimum Gasteiger partial charge on any atom is -0.425 e. The molecule has 4 rings (SSSR count). The number of hydrogen-bond acceptors (Lipinski definition) is 4. The van der Waals surface area contributed by atoms with Crippen LogP contribution in [-0.2, 0) is 16.5 Å². The molecule has 0 aliphatic carbocycles. The summed E-state index contributed by atoms with van der Waals surface area (Å²) in [6.45, 7) is 0. The van der Waals surface area contributed by atoms with Gasteiger partial charge in [-0.15, -0.1) is 0 Å². The first kappa shape index (κ1) is 19.1. The lowest BCUT2D eigenvalue weighted by atomic mass is 10.3. The van der Waals surface area contributed by atoms with E-state index < -0.39 is 47.2 Å². The van der Waals surface area contributed by atoms with Gasteiger partial charge in [0, 0.05) is 0 Å². The highest BCUT2D eigenvalue weighted by Crippen LogP contribution is 2.32. The molecule has 0 aromatic heterocycles. The Morgan fingerprint density at radius 1 is 0.556 bits per heavy atom. The highest BCUT2D eigenvalue weighted by molar-refractivity contribution is 7.79. The maximum atomic E-state index is 5.97. The Kier molecular flexibility index (Phi) is 6.96. The van der Waals surface area contributed by atoms with E-state index in [2.05, 4.69) is 84.9 Å². The van der Waals surface area contributed by atoms with E-state index in [-0.39, 0.29) is 0 Å². The molecule has 0 atom stereocenters. The van der Waals surface area contributed by atoms with Crippen molar-refractivity contribution in [3.8, 4) is 0 Å². The first-order chi connectivity index (χ1) is 13.4. The summed E-state index contributed by atoms with van der Waals surface area (Å²) in [6.07, 6.45) is 0. The average molecular weight is 445 g/mol. The molecule has 0 radical (unpaired) electrons. The Bertz CT molecular complexity index is 792. The lowest BCUT2D eigenvalue weighted by molar-refractivity contribution is 0.337. The van der Waals surface area contributed by atoms with Gasteiger partial charge in [-0.1, -0.05) is 84.9 Å².